The van der Waals surface area contributed by atoms with Crippen molar-refractivity contribution in [1.29, 1.82) is 0 Å². The number of nitrogens with one attached hydrogen (secondary N) is 1. The predicted molar refractivity (Wildman–Crippen MR) is 85.9 cm³/mol. The van der Waals surface area contributed by atoms with E-state index >= 15 is 0 Å². The van der Waals surface area contributed by atoms with E-state index in [-0.39, 0.29) is 11.3 Å². The van der Waals surface area contributed by atoms with Gasteiger partial charge in [0, 0.05) is 12.5 Å². The van der Waals surface area contributed by atoms with Crippen LogP contribution in [0.4, 0.5) is 0 Å². The van der Waals surface area contributed by atoms with Gasteiger partial charge in [0.25, 0.3) is 0 Å². The highest BCUT2D eigenvalue weighted by Crippen LogP contribution is 2.49. The van der Waals surface area contributed by atoms with E-state index in [4.69, 9.17) is 0 Å². The minimum Gasteiger partial charge on any atom is -0.352 e. The molecule has 1 N–H and O–H groups in total. The SMILES string of the molecule is CC(C)C1CCCC2(CC(=O)NC2Cc2ccccc2)C1. The molecule has 2 aliphatic rings. The number of rotatable bonds is 3. The molecule has 3 unspecified atom stereocenters. The molecule has 2 fully saturated rings. The van der Waals surface area contributed by atoms with E-state index in [0.29, 0.717) is 6.04 Å². The standard InChI is InChI=1S/C19H27NO/c1-14(2)16-9-6-10-19(12-16)13-18(21)20-17(19)11-15-7-4-3-5-8-15/h3-5,7-8,14,16-17H,6,9-13H2,1-2H3,(H,20,21). The summed E-state index contributed by atoms with van der Waals surface area (Å²) in [6.45, 7) is 4.67. The molecular weight excluding hydrogens is 258 g/mol. The van der Waals surface area contributed by atoms with Crippen LogP contribution in [0.5, 0.6) is 0 Å². The summed E-state index contributed by atoms with van der Waals surface area (Å²) in [6.07, 6.45) is 6.78. The fourth-order valence-corrected chi connectivity index (χ4v) is 4.45. The lowest BCUT2D eigenvalue weighted by Crippen LogP contribution is -2.42. The molecule has 114 valence electrons. The van der Waals surface area contributed by atoms with Crippen LogP contribution in [0.2, 0.25) is 0 Å². The van der Waals surface area contributed by atoms with Gasteiger partial charge < -0.3 is 5.32 Å². The van der Waals surface area contributed by atoms with E-state index in [0.717, 1.165) is 24.7 Å². The summed E-state index contributed by atoms with van der Waals surface area (Å²) in [5.41, 5.74) is 1.55. The Bertz CT molecular complexity index is 496. The van der Waals surface area contributed by atoms with Gasteiger partial charge in [0.15, 0.2) is 0 Å². The molecule has 21 heavy (non-hydrogen) atoms. The van der Waals surface area contributed by atoms with Crippen molar-refractivity contribution in [3.63, 3.8) is 0 Å². The Morgan fingerprint density at radius 1 is 1.29 bits per heavy atom. The van der Waals surface area contributed by atoms with Gasteiger partial charge in [0.2, 0.25) is 5.91 Å². The van der Waals surface area contributed by atoms with Crippen LogP contribution in [0.15, 0.2) is 30.3 Å². The topological polar surface area (TPSA) is 29.1 Å². The fraction of sp³-hybridized carbons (Fsp3) is 0.632. The van der Waals surface area contributed by atoms with Crippen molar-refractivity contribution >= 4 is 5.91 Å². The molecule has 1 amide bonds. The summed E-state index contributed by atoms with van der Waals surface area (Å²) >= 11 is 0. The summed E-state index contributed by atoms with van der Waals surface area (Å²) in [5, 5.41) is 3.28. The number of carbonyl (C=O) groups is 1. The molecule has 3 atom stereocenters. The van der Waals surface area contributed by atoms with Crippen LogP contribution >= 0.6 is 0 Å². The Labute approximate surface area is 128 Å². The smallest absolute Gasteiger partial charge is 0.220 e. The van der Waals surface area contributed by atoms with Gasteiger partial charge in [-0.2, -0.15) is 0 Å². The highest BCUT2D eigenvalue weighted by Gasteiger charge is 2.49. The van der Waals surface area contributed by atoms with Gasteiger partial charge >= 0.3 is 0 Å². The first kappa shape index (κ1) is 14.6. The molecule has 1 aromatic rings. The molecule has 1 spiro atoms. The maximum Gasteiger partial charge on any atom is 0.220 e. The van der Waals surface area contributed by atoms with Gasteiger partial charge in [0.05, 0.1) is 0 Å². The zero-order valence-electron chi connectivity index (χ0n) is 13.3. The summed E-state index contributed by atoms with van der Waals surface area (Å²) in [4.78, 5) is 12.1. The number of hydrogen-bond acceptors (Lipinski definition) is 1. The third kappa shape index (κ3) is 3.00. The highest BCUT2D eigenvalue weighted by atomic mass is 16.2. The van der Waals surface area contributed by atoms with Crippen molar-refractivity contribution in [2.75, 3.05) is 0 Å². The third-order valence-electron chi connectivity index (χ3n) is 5.73. The number of hydrogen-bond donors (Lipinski definition) is 1. The lowest BCUT2D eigenvalue weighted by Gasteiger charge is -2.42. The first-order chi connectivity index (χ1) is 10.1. The predicted octanol–water partition coefficient (Wildman–Crippen LogP) is 3.95. The lowest BCUT2D eigenvalue weighted by molar-refractivity contribution is -0.120. The van der Waals surface area contributed by atoms with Gasteiger partial charge in [-0.3, -0.25) is 4.79 Å². The van der Waals surface area contributed by atoms with Crippen LogP contribution in [0.3, 0.4) is 0 Å². The molecule has 1 aliphatic carbocycles. The highest BCUT2D eigenvalue weighted by molar-refractivity contribution is 5.80. The van der Waals surface area contributed by atoms with E-state index in [1.807, 2.05) is 0 Å². The van der Waals surface area contributed by atoms with Crippen LogP contribution < -0.4 is 5.32 Å². The maximum atomic E-state index is 12.1. The Hall–Kier alpha value is -1.31. The van der Waals surface area contributed by atoms with Crippen LogP contribution in [-0.4, -0.2) is 11.9 Å². The van der Waals surface area contributed by atoms with Crippen molar-refractivity contribution in [3.8, 4) is 0 Å². The van der Waals surface area contributed by atoms with Gasteiger partial charge in [-0.05, 0) is 42.1 Å². The van der Waals surface area contributed by atoms with Crippen LogP contribution in [0, 0.1) is 17.3 Å². The van der Waals surface area contributed by atoms with Crippen molar-refractivity contribution in [1.82, 2.24) is 5.32 Å². The Balaban J connectivity index is 1.80. The summed E-state index contributed by atoms with van der Waals surface area (Å²) in [7, 11) is 0. The lowest BCUT2D eigenvalue weighted by atomic mass is 9.62. The molecule has 0 bridgehead atoms. The molecule has 2 heteroatoms. The number of amides is 1. The van der Waals surface area contributed by atoms with Crippen LogP contribution in [0.25, 0.3) is 0 Å². The molecular formula is C19H27NO. The van der Waals surface area contributed by atoms with Gasteiger partial charge in [-0.1, -0.05) is 57.0 Å². The zero-order valence-corrected chi connectivity index (χ0v) is 13.3. The third-order valence-corrected chi connectivity index (χ3v) is 5.73. The molecule has 1 heterocycles. The Morgan fingerprint density at radius 3 is 2.76 bits per heavy atom. The molecule has 0 aromatic heterocycles. The Morgan fingerprint density at radius 2 is 2.05 bits per heavy atom. The van der Waals surface area contributed by atoms with Crippen molar-refractivity contribution in [2.24, 2.45) is 17.3 Å². The van der Waals surface area contributed by atoms with E-state index in [1.54, 1.807) is 0 Å². The quantitative estimate of drug-likeness (QED) is 0.895. The van der Waals surface area contributed by atoms with Crippen LogP contribution in [-0.2, 0) is 11.2 Å². The monoisotopic (exact) mass is 285 g/mol. The first-order valence-electron chi connectivity index (χ1n) is 8.42. The maximum absolute atomic E-state index is 12.1. The van der Waals surface area contributed by atoms with Gasteiger partial charge in [-0.25, -0.2) is 0 Å². The summed E-state index contributed by atoms with van der Waals surface area (Å²) in [6, 6.07) is 10.9. The van der Waals surface area contributed by atoms with Gasteiger partial charge in [0.1, 0.15) is 0 Å². The minimum atomic E-state index is 0.208. The van der Waals surface area contributed by atoms with E-state index < -0.39 is 0 Å². The van der Waals surface area contributed by atoms with Crippen molar-refractivity contribution in [2.45, 2.75) is 58.4 Å². The average Bonchev–Trinajstić information content (AvgIpc) is 2.75. The van der Waals surface area contributed by atoms with Gasteiger partial charge in [-0.15, -0.1) is 0 Å². The fourth-order valence-electron chi connectivity index (χ4n) is 4.45. The second-order valence-electron chi connectivity index (χ2n) is 7.45. The van der Waals surface area contributed by atoms with E-state index in [9.17, 15) is 4.79 Å². The number of benzene rings is 1. The van der Waals surface area contributed by atoms with Crippen molar-refractivity contribution in [3.05, 3.63) is 35.9 Å². The molecule has 1 aromatic carbocycles. The second-order valence-corrected chi connectivity index (χ2v) is 7.45. The van der Waals surface area contributed by atoms with E-state index in [2.05, 4.69) is 49.5 Å². The second kappa shape index (κ2) is 5.82. The minimum absolute atomic E-state index is 0.208. The molecule has 2 nitrogen and oxygen atoms in total. The number of carbonyl (C=O) groups excluding carboxylic acids is 1. The summed E-state index contributed by atoms with van der Waals surface area (Å²) < 4.78 is 0. The first-order valence-corrected chi connectivity index (χ1v) is 8.42. The molecule has 3 rings (SSSR count). The molecule has 1 saturated heterocycles. The molecule has 0 radical (unpaired) electrons. The molecule has 1 saturated carbocycles. The van der Waals surface area contributed by atoms with Crippen molar-refractivity contribution < 1.29 is 4.79 Å². The zero-order chi connectivity index (χ0) is 14.9. The average molecular weight is 285 g/mol. The molecule has 1 aliphatic heterocycles. The largest absolute Gasteiger partial charge is 0.352 e. The van der Waals surface area contributed by atoms with Crippen LogP contribution in [0.1, 0.15) is 51.5 Å². The van der Waals surface area contributed by atoms with E-state index in [1.165, 1.54) is 31.2 Å². The summed E-state index contributed by atoms with van der Waals surface area (Å²) in [5.74, 6) is 1.78. The Kier molecular flexibility index (Phi) is 4.05. The normalized spacial score (nSPS) is 32.6.